The maximum Gasteiger partial charge on any atom is 0.303 e. The molecule has 2 fully saturated rings. The van der Waals surface area contributed by atoms with Crippen molar-refractivity contribution in [2.75, 3.05) is 75.4 Å². The first kappa shape index (κ1) is 74.9. The second-order valence-electron chi connectivity index (χ2n) is 28.8. The van der Waals surface area contributed by atoms with Crippen LogP contribution in [0.25, 0.3) is 12.2 Å². The zero-order valence-corrected chi connectivity index (χ0v) is 58.7. The summed E-state index contributed by atoms with van der Waals surface area (Å²) in [5.74, 6) is -5.05. The van der Waals surface area contributed by atoms with Crippen LogP contribution >= 0.6 is 0 Å². The summed E-state index contributed by atoms with van der Waals surface area (Å²) in [6.07, 6.45) is 11.2. The van der Waals surface area contributed by atoms with Crippen molar-refractivity contribution < 1.29 is 67.2 Å². The number of carbonyl (C=O) groups excluding carboxylic acids is 8. The van der Waals surface area contributed by atoms with Crippen molar-refractivity contribution in [2.45, 2.75) is 180 Å². The standard InChI is InChI=1S/C77H102N8O14/c1-49(2)68(71(93)80-50(3)69(91)81-57-25-21-53-23-28-63-75(5,59(53)47-57)34-13-36-77(63,7)73(95)84-72(94)76(6)35-12-33-74(4)58-46-56(78)24-20-52(58)22-27-62(74)76)83-70(92)60(26-31-67(89)90)82-65(87)32-38-96-40-42-98-44-45-99-43-41-97-39-37-79-64(86)29-30-66(88)85-48-55-16-9-8-14-51(55)18-19-54-15-10-11-17-61(54)85/h8-11,14-21,24-25,46-47,49-50,60,62-63,68H,12-13,22-23,26-45,48,78H2,1-7H3,(H,79,86)(H,80,93)(H,81,91)(H,82,87)(H,83,92)(H,89,90)(H,84,94,95)/b19-18-/t50-,60-,62+,63+,68-,74+,75+,76-,77-/m0/s1. The number of fused-ring (bicyclic) bond motifs is 8. The van der Waals surface area contributed by atoms with E-state index < -0.39 is 76.3 Å². The number of nitrogen functional groups attached to an aromatic ring is 1. The zero-order chi connectivity index (χ0) is 71.1. The van der Waals surface area contributed by atoms with E-state index in [1.54, 1.807) is 18.7 Å². The molecule has 9 atom stereocenters. The van der Waals surface area contributed by atoms with Crippen LogP contribution in [0.3, 0.4) is 0 Å². The molecule has 1 heterocycles. The Labute approximate surface area is 581 Å². The second-order valence-corrected chi connectivity index (χ2v) is 28.8. The van der Waals surface area contributed by atoms with E-state index in [1.807, 2.05) is 92.7 Å². The number of rotatable bonds is 31. The first-order valence-electron chi connectivity index (χ1n) is 35.4. The number of carboxylic acid groups (broad SMARTS) is 1. The van der Waals surface area contributed by atoms with E-state index in [2.05, 4.69) is 64.0 Å². The average Bonchev–Trinajstić information content (AvgIpc) is 0.725. The fraction of sp³-hybridized carbons (Fsp3) is 0.545. The highest BCUT2D eigenvalue weighted by molar-refractivity contribution is 6.02. The summed E-state index contributed by atoms with van der Waals surface area (Å²) in [5.41, 5.74) is 13.7. The third-order valence-corrected chi connectivity index (χ3v) is 21.6. The number of amides is 8. The summed E-state index contributed by atoms with van der Waals surface area (Å²) >= 11 is 0. The largest absolute Gasteiger partial charge is 0.481 e. The van der Waals surface area contributed by atoms with Crippen molar-refractivity contribution in [1.29, 1.82) is 0 Å². The van der Waals surface area contributed by atoms with Gasteiger partial charge in [-0.15, -0.1) is 0 Å². The number of para-hydroxylation sites is 1. The molecule has 4 aromatic rings. The molecular weight excluding hydrogens is 1260 g/mol. The number of ether oxygens (including phenoxy) is 4. The van der Waals surface area contributed by atoms with Gasteiger partial charge in [0.05, 0.1) is 75.9 Å². The van der Waals surface area contributed by atoms with E-state index in [0.29, 0.717) is 50.4 Å². The summed E-state index contributed by atoms with van der Waals surface area (Å²) in [7, 11) is 0. The highest BCUT2D eigenvalue weighted by atomic mass is 16.6. The molecule has 8 amide bonds. The minimum Gasteiger partial charge on any atom is -0.481 e. The van der Waals surface area contributed by atoms with E-state index in [1.165, 1.54) is 18.1 Å². The Morgan fingerprint density at radius 3 is 1.77 bits per heavy atom. The number of benzene rings is 4. The lowest BCUT2D eigenvalue weighted by Gasteiger charge is -2.56. The molecule has 22 heteroatoms. The molecule has 534 valence electrons. The van der Waals surface area contributed by atoms with E-state index >= 15 is 0 Å². The molecule has 99 heavy (non-hydrogen) atoms. The van der Waals surface area contributed by atoms with Crippen LogP contribution in [0.5, 0.6) is 0 Å². The molecule has 0 saturated heterocycles. The lowest BCUT2D eigenvalue weighted by atomic mass is 9.49. The number of anilines is 3. The quantitative estimate of drug-likeness (QED) is 0.0133. The third-order valence-electron chi connectivity index (χ3n) is 21.6. The number of hydrogen-bond donors (Lipinski definition) is 8. The highest BCUT2D eigenvalue weighted by Gasteiger charge is 2.58. The van der Waals surface area contributed by atoms with Gasteiger partial charge < -0.3 is 61.3 Å². The minimum absolute atomic E-state index is 0.0203. The number of carboxylic acids is 1. The molecule has 2 saturated carbocycles. The first-order chi connectivity index (χ1) is 47.3. The molecule has 0 unspecified atom stereocenters. The molecular formula is C77H102N8O14. The van der Waals surface area contributed by atoms with Crippen molar-refractivity contribution >= 4 is 82.4 Å². The molecule has 9 rings (SSSR count). The van der Waals surface area contributed by atoms with Crippen molar-refractivity contribution in [3.63, 3.8) is 0 Å². The Bertz CT molecular complexity index is 3630. The lowest BCUT2D eigenvalue weighted by molar-refractivity contribution is -0.150. The summed E-state index contributed by atoms with van der Waals surface area (Å²) in [6, 6.07) is 24.1. The fourth-order valence-electron chi connectivity index (χ4n) is 16.2. The Hall–Kier alpha value is -8.31. The normalized spacial score (nSPS) is 23.2. The van der Waals surface area contributed by atoms with Gasteiger partial charge in [0, 0.05) is 43.6 Å². The molecule has 5 aliphatic rings. The van der Waals surface area contributed by atoms with Gasteiger partial charge >= 0.3 is 5.97 Å². The van der Waals surface area contributed by atoms with Crippen LogP contribution < -0.4 is 42.5 Å². The Kier molecular flexibility index (Phi) is 25.5. The molecule has 4 aromatic carbocycles. The molecule has 0 bridgehead atoms. The van der Waals surface area contributed by atoms with E-state index in [4.69, 9.17) is 24.7 Å². The van der Waals surface area contributed by atoms with Gasteiger partial charge in [-0.3, -0.25) is 48.5 Å². The molecule has 22 nitrogen and oxygen atoms in total. The van der Waals surface area contributed by atoms with Crippen LogP contribution in [0.4, 0.5) is 17.1 Å². The third kappa shape index (κ3) is 18.2. The zero-order valence-electron chi connectivity index (χ0n) is 58.7. The smallest absolute Gasteiger partial charge is 0.303 e. The van der Waals surface area contributed by atoms with Crippen molar-refractivity contribution in [1.82, 2.24) is 26.6 Å². The lowest BCUT2D eigenvalue weighted by Crippen LogP contribution is -2.60. The van der Waals surface area contributed by atoms with Gasteiger partial charge in [0.1, 0.15) is 18.1 Å². The van der Waals surface area contributed by atoms with Gasteiger partial charge in [-0.25, -0.2) is 0 Å². The molecule has 0 radical (unpaired) electrons. The number of nitrogens with one attached hydrogen (secondary N) is 6. The van der Waals surface area contributed by atoms with Gasteiger partial charge in [-0.05, 0) is 163 Å². The Balaban J connectivity index is 0.653. The summed E-state index contributed by atoms with van der Waals surface area (Å²) in [5, 5.41) is 26.3. The first-order valence-corrected chi connectivity index (χ1v) is 35.4. The van der Waals surface area contributed by atoms with Crippen molar-refractivity contribution in [3.8, 4) is 0 Å². The molecule has 4 aliphatic carbocycles. The van der Waals surface area contributed by atoms with Crippen molar-refractivity contribution in [2.24, 2.45) is 28.6 Å². The van der Waals surface area contributed by atoms with Gasteiger partial charge in [0.15, 0.2) is 0 Å². The van der Waals surface area contributed by atoms with Gasteiger partial charge in [-0.2, -0.15) is 0 Å². The number of carbonyl (C=O) groups is 9. The van der Waals surface area contributed by atoms with E-state index in [9.17, 15) is 48.3 Å². The Morgan fingerprint density at radius 2 is 1.14 bits per heavy atom. The summed E-state index contributed by atoms with van der Waals surface area (Å²) in [4.78, 5) is 124. The number of hydrogen-bond acceptors (Lipinski definition) is 14. The average molecular weight is 1360 g/mol. The maximum absolute atomic E-state index is 14.8. The number of aliphatic carboxylic acids is 1. The topological polar surface area (TPSA) is 312 Å². The van der Waals surface area contributed by atoms with Crippen LogP contribution in [0, 0.1) is 28.6 Å². The van der Waals surface area contributed by atoms with Gasteiger partial charge in [0.2, 0.25) is 47.3 Å². The van der Waals surface area contributed by atoms with E-state index in [0.717, 1.165) is 78.5 Å². The second kappa shape index (κ2) is 33.7. The minimum atomic E-state index is -1.30. The van der Waals surface area contributed by atoms with Crippen LogP contribution in [0.15, 0.2) is 84.9 Å². The van der Waals surface area contributed by atoms with Crippen LogP contribution in [0.2, 0.25) is 0 Å². The molecule has 9 N–H and O–H groups in total. The number of nitrogens with two attached hydrogens (primary N) is 1. The maximum atomic E-state index is 14.8. The monoisotopic (exact) mass is 1360 g/mol. The number of aryl methyl sites for hydroxylation is 2. The highest BCUT2D eigenvalue weighted by Crippen LogP contribution is 2.60. The number of imide groups is 1. The Morgan fingerprint density at radius 1 is 0.576 bits per heavy atom. The number of nitrogens with zero attached hydrogens (tertiary/aromatic N) is 1. The fourth-order valence-corrected chi connectivity index (χ4v) is 16.2. The van der Waals surface area contributed by atoms with Crippen LogP contribution in [-0.2, 0) is 92.3 Å². The van der Waals surface area contributed by atoms with Crippen LogP contribution in [0.1, 0.15) is 171 Å². The van der Waals surface area contributed by atoms with Crippen molar-refractivity contribution in [3.05, 3.63) is 124 Å². The van der Waals surface area contributed by atoms with Gasteiger partial charge in [-0.1, -0.05) is 121 Å². The summed E-state index contributed by atoms with van der Waals surface area (Å²) < 4.78 is 22.3. The van der Waals surface area contributed by atoms with Gasteiger partial charge in [0.25, 0.3) is 0 Å². The predicted molar refractivity (Wildman–Crippen MR) is 378 cm³/mol. The molecule has 0 aromatic heterocycles. The summed E-state index contributed by atoms with van der Waals surface area (Å²) in [6.45, 7) is 15.9. The predicted octanol–water partition coefficient (Wildman–Crippen LogP) is 8.64. The SMILES string of the molecule is CC(C)[C@H](NC(=O)[C@H](CCC(=O)O)NC(=O)CCOCCOCCOCCOCCNC(=O)CCC(=O)N1Cc2ccccc2/C=C\c2ccccc21)C(=O)N[C@@H](C)C(=O)Nc1ccc2c(c1)[C@@]1(C)CCC[C@](C)(C(=O)NC(=O)[C@@]3(C)CCC[C@]4(C)c5cc(N)ccc5CC[C@@H]34)[C@@H]1CC2. The molecule has 1 aliphatic heterocycles. The van der Waals surface area contributed by atoms with Crippen LogP contribution in [-0.4, -0.2) is 136 Å². The van der Waals surface area contributed by atoms with E-state index in [-0.39, 0.29) is 113 Å². The molecule has 0 spiro atoms.